The number of aliphatic hydroxyl groups excluding tert-OH is 13. The summed E-state index contributed by atoms with van der Waals surface area (Å²) in [7, 11) is 1.21. The second kappa shape index (κ2) is 27.2. The van der Waals surface area contributed by atoms with Crippen LogP contribution in [0.5, 0.6) is 0 Å². The van der Waals surface area contributed by atoms with Gasteiger partial charge in [-0.05, 0) is 0 Å². The van der Waals surface area contributed by atoms with E-state index >= 15 is 0 Å². The van der Waals surface area contributed by atoms with Gasteiger partial charge in [0, 0.05) is 12.8 Å². The molecule has 29 atom stereocenters. The SMILES string of the molecule is CO/N=C/C(N)C(O)C(OC1OC(CO)C(OC2OC(CO)C(OC3OC(CO)C(OC4OC(CO)C(OC5OC(CO)C(C)C(O)C5N)C(O)C4NC(C)=O)C(O)C3N)C(O)C2N)C(O)C1N)C(O)CO. The van der Waals surface area contributed by atoms with Gasteiger partial charge in [0.05, 0.1) is 88.3 Å². The van der Waals surface area contributed by atoms with Gasteiger partial charge in [-0.1, -0.05) is 12.1 Å². The number of nitrogens with two attached hydrogens (primary N) is 5. The van der Waals surface area contributed by atoms with Crippen molar-refractivity contribution in [2.24, 2.45) is 39.7 Å². The van der Waals surface area contributed by atoms with Crippen molar-refractivity contribution in [1.82, 2.24) is 5.32 Å². The minimum Gasteiger partial charge on any atom is -0.399 e. The molecule has 1 amide bonds. The molecule has 0 radical (unpaired) electrons. The van der Waals surface area contributed by atoms with Crippen molar-refractivity contribution >= 4 is 12.1 Å². The van der Waals surface area contributed by atoms with Crippen LogP contribution in [0, 0.1) is 5.92 Å². The molecule has 24 N–H and O–H groups in total. The molecule has 420 valence electrons. The standard InChI is InChI=1S/C40H75N7O25/c1-11-15(6-49)63-36(20(42)25(11)56)71-35-19(10-53)67-40(24(30(35)61)47-12(2)54)72-34-18(9-52)66-39(23(45)29(34)60)70-33-17(8-51)65-38(22(44)28(33)59)69-32-16(7-50)64-37(21(43)27(32)58)68-31(14(55)5-48)26(57)13(41)4-46-62-3/h4,11,13-40,48-53,55-61H,5-10,41-45H2,1-3H3,(H,47,54)/b46-4+. The van der Waals surface area contributed by atoms with E-state index in [0.29, 0.717) is 0 Å². The first-order valence-electron chi connectivity index (χ1n) is 23.2. The van der Waals surface area contributed by atoms with Crippen LogP contribution in [0.25, 0.3) is 0 Å². The molecule has 5 fully saturated rings. The van der Waals surface area contributed by atoms with E-state index in [-0.39, 0.29) is 0 Å². The van der Waals surface area contributed by atoms with Gasteiger partial charge in [0.1, 0.15) is 105 Å². The molecule has 0 aliphatic carbocycles. The third-order valence-corrected chi connectivity index (χ3v) is 13.3. The maximum Gasteiger partial charge on any atom is 0.217 e. The van der Waals surface area contributed by atoms with Crippen LogP contribution in [0.15, 0.2) is 5.16 Å². The van der Waals surface area contributed by atoms with Crippen molar-refractivity contribution < 1.29 is 123 Å². The van der Waals surface area contributed by atoms with Crippen LogP contribution in [0.1, 0.15) is 13.8 Å². The van der Waals surface area contributed by atoms with Crippen LogP contribution >= 0.6 is 0 Å². The molecule has 32 heteroatoms. The fourth-order valence-electron chi connectivity index (χ4n) is 9.04. The molecule has 5 aliphatic heterocycles. The highest BCUT2D eigenvalue weighted by Crippen LogP contribution is 2.36. The summed E-state index contributed by atoms with van der Waals surface area (Å²) >= 11 is 0. The maximum atomic E-state index is 12.4. The number of nitrogens with zero attached hydrogens (tertiary/aromatic N) is 1. The number of hydrogen-bond acceptors (Lipinski definition) is 31. The molecule has 0 saturated carbocycles. The highest BCUT2D eigenvalue weighted by Gasteiger charge is 2.56. The van der Waals surface area contributed by atoms with E-state index in [1.165, 1.54) is 7.11 Å². The van der Waals surface area contributed by atoms with Gasteiger partial charge in [0.25, 0.3) is 0 Å². The summed E-state index contributed by atoms with van der Waals surface area (Å²) in [6.45, 7) is -2.24. The number of carbonyl (C=O) groups excluding carboxylic acids is 1. The zero-order valence-electron chi connectivity index (χ0n) is 39.6. The molecule has 0 aromatic carbocycles. The quantitative estimate of drug-likeness (QED) is 0.0354. The Labute approximate surface area is 412 Å². The van der Waals surface area contributed by atoms with Gasteiger partial charge >= 0.3 is 0 Å². The Hall–Kier alpha value is -2.18. The van der Waals surface area contributed by atoms with Crippen LogP contribution in [-0.4, -0.2) is 297 Å². The predicted octanol–water partition coefficient (Wildman–Crippen LogP) is -12.6. The summed E-state index contributed by atoms with van der Waals surface area (Å²) in [6, 6.07) is -8.77. The minimum absolute atomic E-state index is 0.514. The van der Waals surface area contributed by atoms with E-state index in [0.717, 1.165) is 13.1 Å². The number of ether oxygens (including phenoxy) is 10. The Morgan fingerprint density at radius 3 is 1.36 bits per heavy atom. The van der Waals surface area contributed by atoms with Gasteiger partial charge < -0.3 is 153 Å². The van der Waals surface area contributed by atoms with Crippen LogP contribution in [0.2, 0.25) is 0 Å². The van der Waals surface area contributed by atoms with Crippen molar-refractivity contribution in [2.45, 2.75) is 185 Å². The Bertz CT molecular complexity index is 1670. The Balaban J connectivity index is 1.25. The fraction of sp³-hybridized carbons (Fsp3) is 0.950. The van der Waals surface area contributed by atoms with Gasteiger partial charge in [-0.2, -0.15) is 0 Å². The lowest BCUT2D eigenvalue weighted by molar-refractivity contribution is -0.366. The zero-order valence-corrected chi connectivity index (χ0v) is 39.6. The summed E-state index contributed by atoms with van der Waals surface area (Å²) in [6.07, 6.45) is -34.2. The third kappa shape index (κ3) is 13.5. The summed E-state index contributed by atoms with van der Waals surface area (Å²) in [5.74, 6) is -1.31. The first-order valence-corrected chi connectivity index (χ1v) is 23.2. The topological polar surface area (TPSA) is 536 Å². The summed E-state index contributed by atoms with van der Waals surface area (Å²) in [5, 5.41) is 145. The number of nitrogens with one attached hydrogen (secondary N) is 1. The summed E-state index contributed by atoms with van der Waals surface area (Å²) in [5.41, 5.74) is 31.0. The minimum atomic E-state index is -1.83. The van der Waals surface area contributed by atoms with E-state index in [1.807, 2.05) is 0 Å². The first kappa shape index (κ1) is 60.7. The van der Waals surface area contributed by atoms with E-state index in [1.54, 1.807) is 6.92 Å². The fourth-order valence-corrected chi connectivity index (χ4v) is 9.04. The Morgan fingerprint density at radius 1 is 0.597 bits per heavy atom. The molecular weight excluding hydrogens is 978 g/mol. The lowest BCUT2D eigenvalue weighted by Gasteiger charge is -2.50. The molecule has 29 unspecified atom stereocenters. The van der Waals surface area contributed by atoms with E-state index < -0.39 is 223 Å². The number of amides is 1. The zero-order chi connectivity index (χ0) is 53.5. The molecule has 5 heterocycles. The third-order valence-electron chi connectivity index (χ3n) is 13.3. The Kier molecular flexibility index (Phi) is 22.9. The molecule has 0 bridgehead atoms. The number of rotatable bonds is 22. The number of carbonyl (C=O) groups is 1. The Morgan fingerprint density at radius 2 is 0.958 bits per heavy atom. The number of aliphatic hydroxyl groups is 13. The lowest BCUT2D eigenvalue weighted by Crippen LogP contribution is -2.71. The molecule has 5 saturated heterocycles. The van der Waals surface area contributed by atoms with E-state index in [2.05, 4.69) is 15.3 Å². The van der Waals surface area contributed by atoms with Crippen LogP contribution < -0.4 is 34.0 Å². The van der Waals surface area contributed by atoms with Crippen LogP contribution in [-0.2, 0) is 57.0 Å². The van der Waals surface area contributed by atoms with Crippen LogP contribution in [0.3, 0.4) is 0 Å². The van der Waals surface area contributed by atoms with Crippen LogP contribution in [0.4, 0.5) is 0 Å². The van der Waals surface area contributed by atoms with Crippen molar-refractivity contribution in [2.75, 3.05) is 46.8 Å². The van der Waals surface area contributed by atoms with E-state index in [4.69, 9.17) is 76.0 Å². The number of oxime groups is 1. The molecule has 72 heavy (non-hydrogen) atoms. The molecule has 32 nitrogen and oxygen atoms in total. The van der Waals surface area contributed by atoms with E-state index in [9.17, 15) is 71.2 Å². The highest BCUT2D eigenvalue weighted by molar-refractivity contribution is 5.73. The first-order chi connectivity index (χ1) is 34.1. The average molecular weight is 1050 g/mol. The second-order valence-corrected chi connectivity index (χ2v) is 18.2. The van der Waals surface area contributed by atoms with Gasteiger partial charge in [0.15, 0.2) is 31.5 Å². The molecular formula is C40H75N7O25. The van der Waals surface area contributed by atoms with Crippen molar-refractivity contribution in [1.29, 1.82) is 0 Å². The smallest absolute Gasteiger partial charge is 0.217 e. The van der Waals surface area contributed by atoms with Crippen molar-refractivity contribution in [3.63, 3.8) is 0 Å². The second-order valence-electron chi connectivity index (χ2n) is 18.2. The monoisotopic (exact) mass is 1050 g/mol. The molecule has 0 spiro atoms. The molecule has 5 aliphatic rings. The van der Waals surface area contributed by atoms with Crippen molar-refractivity contribution in [3.8, 4) is 0 Å². The van der Waals surface area contributed by atoms with Crippen molar-refractivity contribution in [3.05, 3.63) is 0 Å². The summed E-state index contributed by atoms with van der Waals surface area (Å²) in [4.78, 5) is 17.0. The largest absolute Gasteiger partial charge is 0.399 e. The lowest BCUT2D eigenvalue weighted by atomic mass is 9.89. The van der Waals surface area contributed by atoms with Gasteiger partial charge in [0.2, 0.25) is 5.91 Å². The highest BCUT2D eigenvalue weighted by atomic mass is 16.8. The van der Waals surface area contributed by atoms with Gasteiger partial charge in [-0.3, -0.25) is 4.79 Å². The predicted molar refractivity (Wildman–Crippen MR) is 234 cm³/mol. The normalized spacial score (nSPS) is 45.8. The molecule has 5 rings (SSSR count). The molecule has 0 aromatic rings. The molecule has 0 aromatic heterocycles. The average Bonchev–Trinajstić information content (AvgIpc) is 3.36. The number of hydrogen-bond donors (Lipinski definition) is 19. The van der Waals surface area contributed by atoms with Gasteiger partial charge in [-0.15, -0.1) is 0 Å². The maximum absolute atomic E-state index is 12.4. The summed E-state index contributed by atoms with van der Waals surface area (Å²) < 4.78 is 58.7. The van der Waals surface area contributed by atoms with Gasteiger partial charge in [-0.25, -0.2) is 0 Å².